The molecule has 0 amide bonds. The van der Waals surface area contributed by atoms with Crippen molar-refractivity contribution in [1.29, 1.82) is 0 Å². The van der Waals surface area contributed by atoms with E-state index in [2.05, 4.69) is 47.1 Å². The van der Waals surface area contributed by atoms with Crippen molar-refractivity contribution in [2.45, 2.75) is 40.3 Å². The first-order valence-corrected chi connectivity index (χ1v) is 7.87. The summed E-state index contributed by atoms with van der Waals surface area (Å²) in [6.07, 6.45) is 0. The smallest absolute Gasteiger partial charge is 0.222 e. The van der Waals surface area contributed by atoms with E-state index in [4.69, 9.17) is 4.74 Å². The van der Waals surface area contributed by atoms with E-state index < -0.39 is 0 Å². The fraction of sp³-hybridized carbons (Fsp3) is 0.438. The van der Waals surface area contributed by atoms with Crippen molar-refractivity contribution in [3.63, 3.8) is 0 Å². The van der Waals surface area contributed by atoms with Gasteiger partial charge in [-0.05, 0) is 47.5 Å². The summed E-state index contributed by atoms with van der Waals surface area (Å²) in [5.41, 5.74) is 3.28. The van der Waals surface area contributed by atoms with Crippen molar-refractivity contribution < 1.29 is 4.74 Å². The van der Waals surface area contributed by atoms with Crippen LogP contribution in [0.4, 0.5) is 0 Å². The van der Waals surface area contributed by atoms with Gasteiger partial charge in [0.25, 0.3) is 0 Å². The van der Waals surface area contributed by atoms with Crippen LogP contribution >= 0.6 is 15.9 Å². The lowest BCUT2D eigenvalue weighted by Gasteiger charge is -2.12. The van der Waals surface area contributed by atoms with Crippen molar-refractivity contribution in [3.05, 3.63) is 39.5 Å². The van der Waals surface area contributed by atoms with Crippen molar-refractivity contribution in [2.24, 2.45) is 7.05 Å². The first-order valence-electron chi connectivity index (χ1n) is 7.08. The molecule has 21 heavy (non-hydrogen) atoms. The van der Waals surface area contributed by atoms with E-state index in [0.717, 1.165) is 33.9 Å². The molecule has 1 aromatic heterocycles. The highest BCUT2D eigenvalue weighted by atomic mass is 79.9. The summed E-state index contributed by atoms with van der Waals surface area (Å²) in [4.78, 5) is 0. The lowest BCUT2D eigenvalue weighted by Crippen LogP contribution is -2.22. The van der Waals surface area contributed by atoms with E-state index in [1.807, 2.05) is 32.2 Å². The SMILES string of the molecule is Cc1ccc(Oc2c(CNC(C)C)c(C)nn2C)c(Br)c1. The van der Waals surface area contributed by atoms with E-state index in [-0.39, 0.29) is 0 Å². The first-order chi connectivity index (χ1) is 9.88. The van der Waals surface area contributed by atoms with E-state index in [9.17, 15) is 0 Å². The molecule has 0 radical (unpaired) electrons. The van der Waals surface area contributed by atoms with Crippen LogP contribution in [-0.4, -0.2) is 15.8 Å². The highest BCUT2D eigenvalue weighted by Gasteiger charge is 2.16. The lowest BCUT2D eigenvalue weighted by atomic mass is 10.2. The number of aromatic nitrogens is 2. The predicted octanol–water partition coefficient (Wildman–Crippen LogP) is 4.09. The van der Waals surface area contributed by atoms with Crippen molar-refractivity contribution in [2.75, 3.05) is 0 Å². The van der Waals surface area contributed by atoms with Crippen molar-refractivity contribution >= 4 is 15.9 Å². The van der Waals surface area contributed by atoms with E-state index in [1.54, 1.807) is 4.68 Å². The quantitative estimate of drug-likeness (QED) is 0.881. The number of hydrogen-bond acceptors (Lipinski definition) is 3. The van der Waals surface area contributed by atoms with Crippen molar-refractivity contribution in [3.8, 4) is 11.6 Å². The Morgan fingerprint density at radius 2 is 2.05 bits per heavy atom. The third kappa shape index (κ3) is 3.86. The molecule has 0 bridgehead atoms. The second-order valence-corrected chi connectivity index (χ2v) is 6.42. The van der Waals surface area contributed by atoms with Gasteiger partial charge < -0.3 is 10.1 Å². The number of nitrogens with zero attached hydrogens (tertiary/aromatic N) is 2. The Morgan fingerprint density at radius 3 is 2.67 bits per heavy atom. The van der Waals surface area contributed by atoms with Gasteiger partial charge in [0.2, 0.25) is 5.88 Å². The molecule has 0 atom stereocenters. The Morgan fingerprint density at radius 1 is 1.33 bits per heavy atom. The molecule has 1 N–H and O–H groups in total. The summed E-state index contributed by atoms with van der Waals surface area (Å²) in [7, 11) is 1.91. The van der Waals surface area contributed by atoms with Gasteiger partial charge in [0, 0.05) is 19.6 Å². The second kappa shape index (κ2) is 6.62. The summed E-state index contributed by atoms with van der Waals surface area (Å²) in [5, 5.41) is 7.89. The lowest BCUT2D eigenvalue weighted by molar-refractivity contribution is 0.420. The minimum Gasteiger partial charge on any atom is -0.438 e. The van der Waals surface area contributed by atoms with Crippen LogP contribution in [0.5, 0.6) is 11.6 Å². The van der Waals surface area contributed by atoms with E-state index in [1.165, 1.54) is 5.56 Å². The first kappa shape index (κ1) is 16.0. The maximum Gasteiger partial charge on any atom is 0.222 e. The molecule has 4 nitrogen and oxygen atoms in total. The minimum absolute atomic E-state index is 0.420. The van der Waals surface area contributed by atoms with Crippen LogP contribution in [0.3, 0.4) is 0 Å². The summed E-state index contributed by atoms with van der Waals surface area (Å²) in [6.45, 7) is 9.07. The number of aryl methyl sites for hydroxylation is 3. The molecule has 1 heterocycles. The normalized spacial score (nSPS) is 11.2. The Balaban J connectivity index is 2.30. The molecule has 0 aliphatic heterocycles. The van der Waals surface area contributed by atoms with E-state index in [0.29, 0.717) is 6.04 Å². The molecule has 0 aliphatic carbocycles. The molecular formula is C16H22BrN3O. The number of rotatable bonds is 5. The Kier molecular flexibility index (Phi) is 5.06. The number of halogens is 1. The van der Waals surface area contributed by atoms with Gasteiger partial charge in [0.05, 0.1) is 15.7 Å². The fourth-order valence-corrected chi connectivity index (χ4v) is 2.69. The van der Waals surface area contributed by atoms with Crippen LogP contribution in [0.2, 0.25) is 0 Å². The fourth-order valence-electron chi connectivity index (χ4n) is 2.11. The largest absolute Gasteiger partial charge is 0.438 e. The van der Waals surface area contributed by atoms with Crippen LogP contribution < -0.4 is 10.1 Å². The van der Waals surface area contributed by atoms with Gasteiger partial charge in [-0.15, -0.1) is 0 Å². The van der Waals surface area contributed by atoms with Gasteiger partial charge >= 0.3 is 0 Å². The molecule has 0 aliphatic rings. The van der Waals surface area contributed by atoms with Crippen LogP contribution in [0.15, 0.2) is 22.7 Å². The Hall–Kier alpha value is -1.33. The Bertz CT molecular complexity index is 635. The predicted molar refractivity (Wildman–Crippen MR) is 88.9 cm³/mol. The third-order valence-corrected chi connectivity index (χ3v) is 3.89. The van der Waals surface area contributed by atoms with Crippen LogP contribution in [0.25, 0.3) is 0 Å². The zero-order valence-electron chi connectivity index (χ0n) is 13.2. The van der Waals surface area contributed by atoms with Crippen LogP contribution in [-0.2, 0) is 13.6 Å². The summed E-state index contributed by atoms with van der Waals surface area (Å²) in [6, 6.07) is 6.48. The average Bonchev–Trinajstić information content (AvgIpc) is 2.65. The summed E-state index contributed by atoms with van der Waals surface area (Å²) in [5.74, 6) is 1.58. The van der Waals surface area contributed by atoms with Gasteiger partial charge in [-0.25, -0.2) is 4.68 Å². The number of benzene rings is 1. The molecule has 0 saturated heterocycles. The maximum absolute atomic E-state index is 6.09. The van der Waals surface area contributed by atoms with E-state index >= 15 is 0 Å². The molecule has 5 heteroatoms. The third-order valence-electron chi connectivity index (χ3n) is 3.27. The molecule has 0 fully saturated rings. The minimum atomic E-state index is 0.420. The highest BCUT2D eigenvalue weighted by Crippen LogP contribution is 2.33. The Labute approximate surface area is 134 Å². The molecule has 0 spiro atoms. The van der Waals surface area contributed by atoms with Crippen LogP contribution in [0, 0.1) is 13.8 Å². The van der Waals surface area contributed by atoms with Gasteiger partial charge in [-0.2, -0.15) is 5.10 Å². The maximum atomic E-state index is 6.09. The van der Waals surface area contributed by atoms with Gasteiger partial charge in [-0.3, -0.25) is 0 Å². The molecule has 2 rings (SSSR count). The van der Waals surface area contributed by atoms with Gasteiger partial charge in [0.15, 0.2) is 0 Å². The number of hydrogen-bond donors (Lipinski definition) is 1. The molecule has 114 valence electrons. The molecular weight excluding hydrogens is 330 g/mol. The summed E-state index contributed by atoms with van der Waals surface area (Å²) >= 11 is 3.55. The molecule has 0 saturated carbocycles. The number of nitrogens with one attached hydrogen (secondary N) is 1. The molecule has 1 aromatic carbocycles. The monoisotopic (exact) mass is 351 g/mol. The highest BCUT2D eigenvalue weighted by molar-refractivity contribution is 9.10. The van der Waals surface area contributed by atoms with Crippen molar-refractivity contribution in [1.82, 2.24) is 15.1 Å². The standard InChI is InChI=1S/C16H22BrN3O/c1-10(2)18-9-13-12(4)19-20(5)16(13)21-15-7-6-11(3)8-14(15)17/h6-8,10,18H,9H2,1-5H3. The van der Waals surface area contributed by atoms with Gasteiger partial charge in [0.1, 0.15) is 5.75 Å². The zero-order chi connectivity index (χ0) is 15.6. The van der Waals surface area contributed by atoms with Crippen LogP contribution in [0.1, 0.15) is 30.7 Å². The number of ether oxygens (including phenoxy) is 1. The molecule has 0 unspecified atom stereocenters. The summed E-state index contributed by atoms with van der Waals surface area (Å²) < 4.78 is 8.83. The average molecular weight is 352 g/mol. The zero-order valence-corrected chi connectivity index (χ0v) is 14.8. The molecule has 2 aromatic rings. The topological polar surface area (TPSA) is 39.1 Å². The second-order valence-electron chi connectivity index (χ2n) is 5.56. The van der Waals surface area contributed by atoms with Gasteiger partial charge in [-0.1, -0.05) is 19.9 Å².